The Balaban J connectivity index is 1.49. The SMILES string of the molecule is Cc1cc(-c2ccc(F)cc2)nn2cc(C(=O)N3CCN(C(=O)[C@H](O)CC(C)(C)C)[C@@H](C)C3)nc12. The molecular weight excluding hydrogens is 449 g/mol. The molecular formula is C26H32FN5O3. The fraction of sp³-hybridized carbons (Fsp3) is 0.462. The van der Waals surface area contributed by atoms with Crippen molar-refractivity contribution < 1.29 is 19.1 Å². The Labute approximate surface area is 204 Å². The van der Waals surface area contributed by atoms with E-state index in [2.05, 4.69) is 10.1 Å². The number of aliphatic hydroxyl groups excluding tert-OH is 1. The number of hydrogen-bond acceptors (Lipinski definition) is 5. The Morgan fingerprint density at radius 1 is 1.20 bits per heavy atom. The molecule has 2 atom stereocenters. The van der Waals surface area contributed by atoms with Crippen molar-refractivity contribution >= 4 is 17.5 Å². The summed E-state index contributed by atoms with van der Waals surface area (Å²) in [4.78, 5) is 33.9. The first kappa shape index (κ1) is 24.8. The summed E-state index contributed by atoms with van der Waals surface area (Å²) in [6.07, 6.45) is 0.931. The summed E-state index contributed by atoms with van der Waals surface area (Å²) in [6, 6.07) is 7.72. The number of aryl methyl sites for hydroxylation is 1. The van der Waals surface area contributed by atoms with Crippen molar-refractivity contribution in [3.05, 3.63) is 53.6 Å². The van der Waals surface area contributed by atoms with Gasteiger partial charge in [0.15, 0.2) is 5.65 Å². The lowest BCUT2D eigenvalue weighted by molar-refractivity contribution is -0.145. The summed E-state index contributed by atoms with van der Waals surface area (Å²) < 4.78 is 14.9. The van der Waals surface area contributed by atoms with Crippen molar-refractivity contribution in [2.75, 3.05) is 19.6 Å². The zero-order valence-electron chi connectivity index (χ0n) is 20.8. The number of carbonyl (C=O) groups excluding carboxylic acids is 2. The van der Waals surface area contributed by atoms with Gasteiger partial charge in [0.05, 0.1) is 11.9 Å². The predicted octanol–water partition coefficient (Wildman–Crippen LogP) is 3.31. The minimum Gasteiger partial charge on any atom is -0.383 e. The lowest BCUT2D eigenvalue weighted by Crippen LogP contribution is -2.57. The van der Waals surface area contributed by atoms with Gasteiger partial charge in [-0.1, -0.05) is 20.8 Å². The molecule has 2 aromatic heterocycles. The highest BCUT2D eigenvalue weighted by atomic mass is 19.1. The van der Waals surface area contributed by atoms with E-state index < -0.39 is 6.10 Å². The van der Waals surface area contributed by atoms with Gasteiger partial charge < -0.3 is 14.9 Å². The lowest BCUT2D eigenvalue weighted by atomic mass is 9.88. The molecule has 2 amide bonds. The number of nitrogens with zero attached hydrogens (tertiary/aromatic N) is 5. The van der Waals surface area contributed by atoms with Crippen LogP contribution in [0.15, 0.2) is 36.5 Å². The van der Waals surface area contributed by atoms with Crippen LogP contribution in [0.3, 0.4) is 0 Å². The summed E-state index contributed by atoms with van der Waals surface area (Å²) in [6.45, 7) is 10.8. The lowest BCUT2D eigenvalue weighted by Gasteiger charge is -2.40. The highest BCUT2D eigenvalue weighted by Crippen LogP contribution is 2.24. The maximum absolute atomic E-state index is 13.3. The molecule has 1 aliphatic heterocycles. The van der Waals surface area contributed by atoms with Crippen LogP contribution in [0.2, 0.25) is 0 Å². The van der Waals surface area contributed by atoms with E-state index in [0.29, 0.717) is 37.4 Å². The zero-order valence-corrected chi connectivity index (χ0v) is 20.8. The quantitative estimate of drug-likeness (QED) is 0.617. The van der Waals surface area contributed by atoms with Gasteiger partial charge in [0.1, 0.15) is 17.6 Å². The summed E-state index contributed by atoms with van der Waals surface area (Å²) in [5.74, 6) is -0.838. The Kier molecular flexibility index (Phi) is 6.64. The molecule has 0 spiro atoms. The van der Waals surface area contributed by atoms with E-state index >= 15 is 0 Å². The van der Waals surface area contributed by atoms with Crippen LogP contribution in [-0.4, -0.2) is 73.1 Å². The molecule has 1 aliphatic rings. The molecule has 0 saturated carbocycles. The third-order valence-corrected chi connectivity index (χ3v) is 6.26. The monoisotopic (exact) mass is 481 g/mol. The van der Waals surface area contributed by atoms with Crippen molar-refractivity contribution in [2.45, 2.75) is 53.2 Å². The first-order valence-corrected chi connectivity index (χ1v) is 11.8. The number of halogens is 1. The molecule has 0 aliphatic carbocycles. The van der Waals surface area contributed by atoms with Gasteiger partial charge in [-0.15, -0.1) is 0 Å². The van der Waals surface area contributed by atoms with Crippen molar-refractivity contribution in [1.29, 1.82) is 0 Å². The molecule has 9 heteroatoms. The predicted molar refractivity (Wildman–Crippen MR) is 130 cm³/mol. The van der Waals surface area contributed by atoms with Crippen LogP contribution in [0.4, 0.5) is 4.39 Å². The maximum atomic E-state index is 13.3. The van der Waals surface area contributed by atoms with Gasteiger partial charge in [0.2, 0.25) is 0 Å². The summed E-state index contributed by atoms with van der Waals surface area (Å²) in [7, 11) is 0. The molecule has 8 nitrogen and oxygen atoms in total. The second kappa shape index (κ2) is 9.37. The summed E-state index contributed by atoms with van der Waals surface area (Å²) in [5.41, 5.74) is 2.95. The Morgan fingerprint density at radius 3 is 2.51 bits per heavy atom. The van der Waals surface area contributed by atoms with E-state index in [-0.39, 0.29) is 34.8 Å². The third kappa shape index (κ3) is 5.35. The van der Waals surface area contributed by atoms with E-state index in [1.54, 1.807) is 32.6 Å². The third-order valence-electron chi connectivity index (χ3n) is 6.26. The molecule has 1 aromatic carbocycles. The molecule has 1 fully saturated rings. The molecule has 3 heterocycles. The van der Waals surface area contributed by atoms with Crippen LogP contribution in [0.5, 0.6) is 0 Å². The van der Waals surface area contributed by atoms with Crippen LogP contribution < -0.4 is 0 Å². The van der Waals surface area contributed by atoms with Gasteiger partial charge in [-0.3, -0.25) is 9.59 Å². The molecule has 3 aromatic rings. The highest BCUT2D eigenvalue weighted by molar-refractivity contribution is 5.93. The number of imidazole rings is 1. The number of piperazine rings is 1. The van der Waals surface area contributed by atoms with E-state index in [4.69, 9.17) is 0 Å². The number of aliphatic hydroxyl groups is 1. The van der Waals surface area contributed by atoms with Crippen LogP contribution in [-0.2, 0) is 4.79 Å². The minimum atomic E-state index is -1.05. The average molecular weight is 482 g/mol. The number of fused-ring (bicyclic) bond motifs is 1. The van der Waals surface area contributed by atoms with E-state index in [0.717, 1.165) is 11.1 Å². The molecule has 0 bridgehead atoms. The van der Waals surface area contributed by atoms with Gasteiger partial charge >= 0.3 is 0 Å². The number of hydrogen-bond donors (Lipinski definition) is 1. The second-order valence-corrected chi connectivity index (χ2v) is 10.5. The largest absolute Gasteiger partial charge is 0.383 e. The summed E-state index contributed by atoms with van der Waals surface area (Å²) >= 11 is 0. The van der Waals surface area contributed by atoms with Gasteiger partial charge in [-0.25, -0.2) is 13.9 Å². The number of rotatable bonds is 4. The van der Waals surface area contributed by atoms with E-state index in [9.17, 15) is 19.1 Å². The summed E-state index contributed by atoms with van der Waals surface area (Å²) in [5, 5.41) is 15.0. The van der Waals surface area contributed by atoms with Crippen molar-refractivity contribution in [3.63, 3.8) is 0 Å². The Morgan fingerprint density at radius 2 is 1.89 bits per heavy atom. The fourth-order valence-electron chi connectivity index (χ4n) is 4.49. The smallest absolute Gasteiger partial charge is 0.274 e. The number of aromatic nitrogens is 3. The van der Waals surface area contributed by atoms with Crippen LogP contribution in [0.25, 0.3) is 16.9 Å². The van der Waals surface area contributed by atoms with Crippen molar-refractivity contribution in [2.24, 2.45) is 5.41 Å². The first-order chi connectivity index (χ1) is 16.4. The van der Waals surface area contributed by atoms with Crippen molar-refractivity contribution in [1.82, 2.24) is 24.4 Å². The van der Waals surface area contributed by atoms with Crippen LogP contribution in [0, 0.1) is 18.2 Å². The zero-order chi connectivity index (χ0) is 25.5. The number of benzene rings is 1. The fourth-order valence-corrected chi connectivity index (χ4v) is 4.49. The van der Waals surface area contributed by atoms with Gasteiger partial charge in [0, 0.05) is 31.2 Å². The second-order valence-electron chi connectivity index (χ2n) is 10.5. The number of amides is 2. The highest BCUT2D eigenvalue weighted by Gasteiger charge is 2.34. The standard InChI is InChI=1S/C26H32FN5O3/c1-16-12-20(18-6-8-19(27)9-7-18)29-32-15-21(28-23(16)32)24(34)30-10-11-31(17(2)14-30)25(35)22(33)13-26(3,4)5/h6-9,12,15,17,22,33H,10-11,13-14H2,1-5H3/t17-,22+/m0/s1. The van der Waals surface area contributed by atoms with E-state index in [1.807, 2.05) is 40.7 Å². The average Bonchev–Trinajstić information content (AvgIpc) is 3.22. The van der Waals surface area contributed by atoms with Crippen molar-refractivity contribution in [3.8, 4) is 11.3 Å². The van der Waals surface area contributed by atoms with Crippen LogP contribution in [0.1, 0.15) is 50.2 Å². The van der Waals surface area contributed by atoms with Gasteiger partial charge in [-0.2, -0.15) is 5.10 Å². The molecule has 1 N–H and O–H groups in total. The topological polar surface area (TPSA) is 91.0 Å². The Hall–Kier alpha value is -3.33. The van der Waals surface area contributed by atoms with Crippen LogP contribution >= 0.6 is 0 Å². The van der Waals surface area contributed by atoms with Gasteiger partial charge in [-0.05, 0) is 61.6 Å². The molecule has 186 valence electrons. The molecule has 0 radical (unpaired) electrons. The minimum absolute atomic E-state index is 0.165. The molecule has 1 saturated heterocycles. The maximum Gasteiger partial charge on any atom is 0.274 e. The normalized spacial score (nSPS) is 17.6. The van der Waals surface area contributed by atoms with E-state index in [1.165, 1.54) is 12.1 Å². The first-order valence-electron chi connectivity index (χ1n) is 11.8. The molecule has 0 unspecified atom stereocenters. The molecule has 35 heavy (non-hydrogen) atoms. The molecule has 4 rings (SSSR count). The number of carbonyl (C=O) groups is 2. The Bertz CT molecular complexity index is 1250. The van der Waals surface area contributed by atoms with Gasteiger partial charge in [0.25, 0.3) is 11.8 Å².